The van der Waals surface area contributed by atoms with Gasteiger partial charge in [0.2, 0.25) is 11.8 Å². The van der Waals surface area contributed by atoms with Crippen LogP contribution in [-0.4, -0.2) is 66.3 Å². The average Bonchev–Trinajstić information content (AvgIpc) is 2.62. The molecule has 2 atom stereocenters. The Kier molecular flexibility index (Phi) is 5.19. The molecule has 0 radical (unpaired) electrons. The number of hydrogen-bond donors (Lipinski definition) is 0. The number of likely N-dealkylation sites (N-methyl/N-ethyl adjacent to an activating group) is 1. The number of hydrogen-bond acceptors (Lipinski definition) is 3. The van der Waals surface area contributed by atoms with Crippen LogP contribution in [0, 0.1) is 5.92 Å². The van der Waals surface area contributed by atoms with E-state index < -0.39 is 0 Å². The number of piperazine rings is 1. The highest BCUT2D eigenvalue weighted by molar-refractivity contribution is 5.81. The number of carbonyl (C=O) groups excluding carboxylic acids is 2. The molecule has 0 aromatic heterocycles. The molecule has 0 bridgehead atoms. The SMILES string of the molecule is CC(=O)N1CCC[C@@H](C(=O)N2CCN(C)C[C@H]2c2ccccc2)C1. The predicted octanol–water partition coefficient (Wildman–Crippen LogP) is 1.76. The van der Waals surface area contributed by atoms with Crippen LogP contribution in [0.1, 0.15) is 31.4 Å². The molecule has 1 aromatic carbocycles. The van der Waals surface area contributed by atoms with E-state index in [0.717, 1.165) is 39.0 Å². The molecule has 2 heterocycles. The van der Waals surface area contributed by atoms with Crippen molar-refractivity contribution >= 4 is 11.8 Å². The van der Waals surface area contributed by atoms with Gasteiger partial charge in [0.15, 0.2) is 0 Å². The second-order valence-corrected chi connectivity index (χ2v) is 7.02. The second kappa shape index (κ2) is 7.34. The smallest absolute Gasteiger partial charge is 0.228 e. The van der Waals surface area contributed by atoms with E-state index in [4.69, 9.17) is 0 Å². The Bertz CT molecular complexity index is 590. The van der Waals surface area contributed by atoms with Crippen LogP contribution in [0.25, 0.3) is 0 Å². The van der Waals surface area contributed by atoms with E-state index in [-0.39, 0.29) is 23.8 Å². The summed E-state index contributed by atoms with van der Waals surface area (Å²) < 4.78 is 0. The molecule has 2 aliphatic heterocycles. The minimum atomic E-state index is -0.0581. The average molecular weight is 329 g/mol. The lowest BCUT2D eigenvalue weighted by Crippen LogP contribution is -2.53. The first-order valence-corrected chi connectivity index (χ1v) is 8.85. The molecule has 0 aliphatic carbocycles. The third kappa shape index (κ3) is 3.61. The van der Waals surface area contributed by atoms with Gasteiger partial charge in [-0.05, 0) is 25.5 Å². The second-order valence-electron chi connectivity index (χ2n) is 7.02. The van der Waals surface area contributed by atoms with Crippen LogP contribution in [0.5, 0.6) is 0 Å². The zero-order valence-electron chi connectivity index (χ0n) is 14.6. The van der Waals surface area contributed by atoms with E-state index in [1.54, 1.807) is 6.92 Å². The Balaban J connectivity index is 1.77. The lowest BCUT2D eigenvalue weighted by molar-refractivity contribution is -0.144. The molecule has 0 unspecified atom stereocenters. The minimum absolute atomic E-state index is 0.0581. The van der Waals surface area contributed by atoms with Crippen molar-refractivity contribution in [3.63, 3.8) is 0 Å². The fourth-order valence-electron chi connectivity index (χ4n) is 3.84. The first-order valence-electron chi connectivity index (χ1n) is 8.85. The summed E-state index contributed by atoms with van der Waals surface area (Å²) in [6, 6.07) is 10.4. The molecule has 5 nitrogen and oxygen atoms in total. The summed E-state index contributed by atoms with van der Waals surface area (Å²) in [7, 11) is 2.11. The molecule has 1 aromatic rings. The highest BCUT2D eigenvalue weighted by Crippen LogP contribution is 2.28. The molecular formula is C19H27N3O2. The van der Waals surface area contributed by atoms with Gasteiger partial charge in [-0.15, -0.1) is 0 Å². The maximum absolute atomic E-state index is 13.2. The summed E-state index contributed by atoms with van der Waals surface area (Å²) in [5.41, 5.74) is 1.19. The van der Waals surface area contributed by atoms with E-state index >= 15 is 0 Å². The number of carbonyl (C=O) groups is 2. The van der Waals surface area contributed by atoms with E-state index in [1.165, 1.54) is 5.56 Å². The zero-order valence-corrected chi connectivity index (χ0v) is 14.6. The molecule has 0 N–H and O–H groups in total. The summed E-state index contributed by atoms with van der Waals surface area (Å²) in [5, 5.41) is 0. The lowest BCUT2D eigenvalue weighted by atomic mass is 9.94. The lowest BCUT2D eigenvalue weighted by Gasteiger charge is -2.43. The minimum Gasteiger partial charge on any atom is -0.342 e. The van der Waals surface area contributed by atoms with Crippen LogP contribution in [0.3, 0.4) is 0 Å². The Morgan fingerprint density at radius 1 is 1.04 bits per heavy atom. The Hall–Kier alpha value is -1.88. The summed E-state index contributed by atoms with van der Waals surface area (Å²) in [6.07, 6.45) is 1.80. The Labute approximate surface area is 144 Å². The molecule has 3 rings (SSSR count). The van der Waals surface area contributed by atoms with E-state index in [0.29, 0.717) is 6.54 Å². The number of nitrogens with zero attached hydrogens (tertiary/aromatic N) is 3. The standard InChI is InChI=1S/C19H27N3O2/c1-15(23)21-10-6-9-17(13-21)19(24)22-12-11-20(2)14-18(22)16-7-4-3-5-8-16/h3-5,7-8,17-18H,6,9-14H2,1-2H3/t17-,18+/m1/s1. The Morgan fingerprint density at radius 3 is 2.50 bits per heavy atom. The highest BCUT2D eigenvalue weighted by atomic mass is 16.2. The molecule has 0 saturated carbocycles. The van der Waals surface area contributed by atoms with Crippen molar-refractivity contribution in [2.24, 2.45) is 5.92 Å². The van der Waals surface area contributed by atoms with E-state index in [2.05, 4.69) is 24.1 Å². The topological polar surface area (TPSA) is 43.9 Å². The van der Waals surface area contributed by atoms with Crippen LogP contribution in [0.2, 0.25) is 0 Å². The molecule has 2 fully saturated rings. The van der Waals surface area contributed by atoms with Crippen molar-refractivity contribution in [2.75, 3.05) is 39.8 Å². The first-order chi connectivity index (χ1) is 11.6. The third-order valence-corrected chi connectivity index (χ3v) is 5.27. The molecule has 2 aliphatic rings. The zero-order chi connectivity index (χ0) is 17.1. The van der Waals surface area contributed by atoms with Crippen LogP contribution in [0.15, 0.2) is 30.3 Å². The van der Waals surface area contributed by atoms with Crippen molar-refractivity contribution in [2.45, 2.75) is 25.8 Å². The van der Waals surface area contributed by atoms with Gasteiger partial charge in [0.1, 0.15) is 0 Å². The fourth-order valence-corrected chi connectivity index (χ4v) is 3.84. The van der Waals surface area contributed by atoms with Crippen molar-refractivity contribution in [1.29, 1.82) is 0 Å². The van der Waals surface area contributed by atoms with Gasteiger partial charge < -0.3 is 14.7 Å². The highest BCUT2D eigenvalue weighted by Gasteiger charge is 2.36. The van der Waals surface area contributed by atoms with Gasteiger partial charge in [-0.25, -0.2) is 0 Å². The van der Waals surface area contributed by atoms with E-state index in [1.807, 2.05) is 28.0 Å². The molecule has 2 amide bonds. The maximum Gasteiger partial charge on any atom is 0.228 e. The van der Waals surface area contributed by atoms with Crippen molar-refractivity contribution in [3.8, 4) is 0 Å². The first kappa shape index (κ1) is 17.0. The molecular weight excluding hydrogens is 302 g/mol. The van der Waals surface area contributed by atoms with Crippen LogP contribution in [0.4, 0.5) is 0 Å². The van der Waals surface area contributed by atoms with E-state index in [9.17, 15) is 9.59 Å². The molecule has 5 heteroatoms. The summed E-state index contributed by atoms with van der Waals surface area (Å²) in [4.78, 5) is 31.0. The predicted molar refractivity (Wildman–Crippen MR) is 93.4 cm³/mol. The van der Waals surface area contributed by atoms with Crippen molar-refractivity contribution in [3.05, 3.63) is 35.9 Å². The van der Waals surface area contributed by atoms with Crippen molar-refractivity contribution < 1.29 is 9.59 Å². The molecule has 24 heavy (non-hydrogen) atoms. The fraction of sp³-hybridized carbons (Fsp3) is 0.579. The van der Waals surface area contributed by atoms with Gasteiger partial charge >= 0.3 is 0 Å². The largest absolute Gasteiger partial charge is 0.342 e. The van der Waals surface area contributed by atoms with Gasteiger partial charge in [0.25, 0.3) is 0 Å². The molecule has 0 spiro atoms. The van der Waals surface area contributed by atoms with Gasteiger partial charge in [0, 0.05) is 39.6 Å². The third-order valence-electron chi connectivity index (χ3n) is 5.27. The number of benzene rings is 1. The Morgan fingerprint density at radius 2 is 1.79 bits per heavy atom. The number of likely N-dealkylation sites (tertiary alicyclic amines) is 1. The van der Waals surface area contributed by atoms with Gasteiger partial charge in [-0.1, -0.05) is 30.3 Å². The summed E-state index contributed by atoms with van der Waals surface area (Å²) >= 11 is 0. The number of piperidine rings is 1. The molecule has 130 valence electrons. The monoisotopic (exact) mass is 329 g/mol. The van der Waals surface area contributed by atoms with Gasteiger partial charge in [-0.3, -0.25) is 9.59 Å². The maximum atomic E-state index is 13.2. The number of rotatable bonds is 2. The number of amides is 2. The van der Waals surface area contributed by atoms with Gasteiger partial charge in [-0.2, -0.15) is 0 Å². The molecule has 2 saturated heterocycles. The quantitative estimate of drug-likeness (QED) is 0.830. The van der Waals surface area contributed by atoms with Crippen molar-refractivity contribution in [1.82, 2.24) is 14.7 Å². The van der Waals surface area contributed by atoms with Crippen LogP contribution in [-0.2, 0) is 9.59 Å². The van der Waals surface area contributed by atoms with Crippen LogP contribution >= 0.6 is 0 Å². The summed E-state index contributed by atoms with van der Waals surface area (Å²) in [6.45, 7) is 5.46. The van der Waals surface area contributed by atoms with Crippen LogP contribution < -0.4 is 0 Å². The van der Waals surface area contributed by atoms with Gasteiger partial charge in [0.05, 0.1) is 12.0 Å². The normalized spacial score (nSPS) is 25.6. The summed E-state index contributed by atoms with van der Waals surface area (Å²) in [5.74, 6) is 0.227.